The van der Waals surface area contributed by atoms with Gasteiger partial charge in [0.2, 0.25) is 0 Å². The molecule has 2 rings (SSSR count). The number of carbonyl (C=O) groups excluding carboxylic acids is 2. The molecule has 0 atom stereocenters. The standard InChI is InChI=1S/C8H12N2O5/c9-7(1-2-7)5(11)13-15-14-6(12)8(10)3-4-8/h1-4,9-10H2. The molecule has 0 aliphatic heterocycles. The highest BCUT2D eigenvalue weighted by atomic mass is 17.5. The monoisotopic (exact) mass is 216 g/mol. The van der Waals surface area contributed by atoms with Crippen LogP contribution >= 0.6 is 0 Å². The molecule has 4 N–H and O–H groups in total. The lowest BCUT2D eigenvalue weighted by molar-refractivity contribution is -0.460. The van der Waals surface area contributed by atoms with Gasteiger partial charge in [-0.25, -0.2) is 9.59 Å². The van der Waals surface area contributed by atoms with Crippen molar-refractivity contribution in [3.8, 4) is 0 Å². The summed E-state index contributed by atoms with van der Waals surface area (Å²) in [5.41, 5.74) is 9.04. The summed E-state index contributed by atoms with van der Waals surface area (Å²) < 4.78 is 0. The lowest BCUT2D eigenvalue weighted by Crippen LogP contribution is -2.37. The Morgan fingerprint density at radius 3 is 1.47 bits per heavy atom. The van der Waals surface area contributed by atoms with E-state index in [9.17, 15) is 9.59 Å². The van der Waals surface area contributed by atoms with E-state index in [1.54, 1.807) is 0 Å². The Balaban J connectivity index is 1.66. The number of carbonyl (C=O) groups is 2. The minimum atomic E-state index is -0.966. The van der Waals surface area contributed by atoms with E-state index in [4.69, 9.17) is 11.5 Å². The Morgan fingerprint density at radius 2 is 1.20 bits per heavy atom. The van der Waals surface area contributed by atoms with Gasteiger partial charge in [0.15, 0.2) is 0 Å². The molecule has 84 valence electrons. The molecule has 7 nitrogen and oxygen atoms in total. The Bertz CT molecular complexity index is 278. The van der Waals surface area contributed by atoms with E-state index in [0.717, 1.165) is 0 Å². The van der Waals surface area contributed by atoms with Crippen molar-refractivity contribution in [1.82, 2.24) is 0 Å². The first-order valence-electron chi connectivity index (χ1n) is 4.64. The van der Waals surface area contributed by atoms with E-state index in [2.05, 4.69) is 14.8 Å². The van der Waals surface area contributed by atoms with Gasteiger partial charge in [-0.3, -0.25) is 9.78 Å². The summed E-state index contributed by atoms with van der Waals surface area (Å²) >= 11 is 0. The second kappa shape index (κ2) is 3.16. The van der Waals surface area contributed by atoms with Gasteiger partial charge in [-0.1, -0.05) is 0 Å². The zero-order valence-corrected chi connectivity index (χ0v) is 8.02. The summed E-state index contributed by atoms with van der Waals surface area (Å²) in [6.07, 6.45) is 2.18. The molecule has 2 fully saturated rings. The molecule has 0 heterocycles. The normalized spacial score (nSPS) is 24.1. The van der Waals surface area contributed by atoms with E-state index >= 15 is 0 Å². The molecule has 0 unspecified atom stereocenters. The fourth-order valence-electron chi connectivity index (χ4n) is 0.922. The van der Waals surface area contributed by atoms with Crippen LogP contribution in [-0.4, -0.2) is 23.0 Å². The minimum absolute atomic E-state index is 0.546. The molecule has 2 saturated carbocycles. The second-order valence-electron chi connectivity index (χ2n) is 4.12. The predicted molar refractivity (Wildman–Crippen MR) is 45.6 cm³/mol. The molecular weight excluding hydrogens is 204 g/mol. The summed E-state index contributed by atoms with van der Waals surface area (Å²) in [5.74, 6) is -1.48. The van der Waals surface area contributed by atoms with Gasteiger partial charge in [0.1, 0.15) is 11.1 Å². The third-order valence-corrected chi connectivity index (χ3v) is 2.61. The third kappa shape index (κ3) is 2.09. The zero-order chi connectivity index (χ0) is 11.1. The van der Waals surface area contributed by atoms with Gasteiger partial charge >= 0.3 is 11.9 Å². The molecule has 0 radical (unpaired) electrons. The van der Waals surface area contributed by atoms with Crippen LogP contribution in [0.15, 0.2) is 0 Å². The molecule has 0 aromatic heterocycles. The van der Waals surface area contributed by atoms with Gasteiger partial charge in [0.05, 0.1) is 0 Å². The first-order chi connectivity index (χ1) is 6.96. The summed E-state index contributed by atoms with van der Waals surface area (Å²) in [6.45, 7) is 0. The predicted octanol–water partition coefficient (Wildman–Crippen LogP) is -1.10. The van der Waals surface area contributed by atoms with Crippen molar-refractivity contribution in [3.63, 3.8) is 0 Å². The van der Waals surface area contributed by atoms with Crippen molar-refractivity contribution in [2.24, 2.45) is 11.5 Å². The highest BCUT2D eigenvalue weighted by Crippen LogP contribution is 2.34. The van der Waals surface area contributed by atoms with Crippen molar-refractivity contribution in [2.75, 3.05) is 0 Å². The summed E-state index contributed by atoms with van der Waals surface area (Å²) in [4.78, 5) is 30.6. The Morgan fingerprint density at radius 1 is 0.867 bits per heavy atom. The fourth-order valence-corrected chi connectivity index (χ4v) is 0.922. The first kappa shape index (κ1) is 10.3. The second-order valence-corrected chi connectivity index (χ2v) is 4.12. The van der Waals surface area contributed by atoms with Crippen LogP contribution in [0, 0.1) is 0 Å². The number of hydrogen-bond donors (Lipinski definition) is 2. The van der Waals surface area contributed by atoms with Crippen LogP contribution in [0.2, 0.25) is 0 Å². The molecule has 7 heteroatoms. The average molecular weight is 216 g/mol. The lowest BCUT2D eigenvalue weighted by Gasteiger charge is -2.08. The quantitative estimate of drug-likeness (QED) is 0.453. The molecule has 0 amide bonds. The van der Waals surface area contributed by atoms with Gasteiger partial charge < -0.3 is 11.5 Å². The maximum absolute atomic E-state index is 11.1. The van der Waals surface area contributed by atoms with E-state index in [1.807, 2.05) is 0 Å². The smallest absolute Gasteiger partial charge is 0.316 e. The van der Waals surface area contributed by atoms with E-state index in [1.165, 1.54) is 0 Å². The highest BCUT2D eigenvalue weighted by molar-refractivity contribution is 5.84. The van der Waals surface area contributed by atoms with Crippen molar-refractivity contribution in [2.45, 2.75) is 36.8 Å². The van der Waals surface area contributed by atoms with Crippen molar-refractivity contribution in [3.05, 3.63) is 0 Å². The van der Waals surface area contributed by atoms with E-state index in [0.29, 0.717) is 25.7 Å². The largest absolute Gasteiger partial charge is 0.366 e. The van der Waals surface area contributed by atoms with Gasteiger partial charge in [0.25, 0.3) is 0 Å². The maximum atomic E-state index is 11.1. The lowest BCUT2D eigenvalue weighted by atomic mass is 10.3. The van der Waals surface area contributed by atoms with Gasteiger partial charge in [-0.15, -0.1) is 0 Å². The molecule has 0 saturated heterocycles. The fraction of sp³-hybridized carbons (Fsp3) is 0.750. The van der Waals surface area contributed by atoms with Crippen LogP contribution in [0.3, 0.4) is 0 Å². The molecule has 0 spiro atoms. The third-order valence-electron chi connectivity index (χ3n) is 2.61. The number of rotatable bonds is 4. The molecule has 2 aliphatic carbocycles. The first-order valence-corrected chi connectivity index (χ1v) is 4.64. The van der Waals surface area contributed by atoms with E-state index in [-0.39, 0.29) is 0 Å². The molecule has 0 aromatic carbocycles. The van der Waals surface area contributed by atoms with Crippen LogP contribution in [0.25, 0.3) is 0 Å². The van der Waals surface area contributed by atoms with Crippen LogP contribution in [0.1, 0.15) is 25.7 Å². The molecule has 0 bridgehead atoms. The highest BCUT2D eigenvalue weighted by Gasteiger charge is 2.50. The average Bonchev–Trinajstić information content (AvgIpc) is 3.07. The zero-order valence-electron chi connectivity index (χ0n) is 8.02. The minimum Gasteiger partial charge on any atom is -0.316 e. The maximum Gasteiger partial charge on any atom is 0.366 e. The topological polar surface area (TPSA) is 114 Å². The Labute approximate surface area is 85.5 Å². The van der Waals surface area contributed by atoms with Crippen molar-refractivity contribution in [1.29, 1.82) is 0 Å². The van der Waals surface area contributed by atoms with Crippen LogP contribution < -0.4 is 11.5 Å². The Hall–Kier alpha value is -1.18. The Kier molecular flexibility index (Phi) is 2.18. The van der Waals surface area contributed by atoms with Crippen molar-refractivity contribution < 1.29 is 24.4 Å². The summed E-state index contributed by atoms with van der Waals surface area (Å²) in [7, 11) is 0. The van der Waals surface area contributed by atoms with Crippen LogP contribution in [0.5, 0.6) is 0 Å². The van der Waals surface area contributed by atoms with Gasteiger partial charge in [-0.05, 0) is 25.7 Å². The van der Waals surface area contributed by atoms with E-state index < -0.39 is 23.0 Å². The molecule has 15 heavy (non-hydrogen) atoms. The molecular formula is C8H12N2O5. The number of hydrogen-bond acceptors (Lipinski definition) is 7. The van der Waals surface area contributed by atoms with Crippen LogP contribution in [-0.2, 0) is 24.4 Å². The number of nitrogens with two attached hydrogens (primary N) is 2. The SMILES string of the molecule is NC1(C(=O)OOOC(=O)C2(N)CC2)CC1. The van der Waals surface area contributed by atoms with Crippen LogP contribution in [0.4, 0.5) is 0 Å². The molecule has 0 aromatic rings. The summed E-state index contributed by atoms with van der Waals surface area (Å²) in [6, 6.07) is 0. The van der Waals surface area contributed by atoms with Gasteiger partial charge in [0, 0.05) is 5.04 Å². The summed E-state index contributed by atoms with van der Waals surface area (Å²) in [5, 5.41) is 4.03. The van der Waals surface area contributed by atoms with Gasteiger partial charge in [-0.2, -0.15) is 0 Å². The molecule has 2 aliphatic rings. The van der Waals surface area contributed by atoms with Crippen molar-refractivity contribution >= 4 is 11.9 Å².